The number of nitrogens with zero attached hydrogens (tertiary/aromatic N) is 1. The predicted molar refractivity (Wildman–Crippen MR) is 127 cm³/mol. The summed E-state index contributed by atoms with van der Waals surface area (Å²) in [7, 11) is 0. The van der Waals surface area contributed by atoms with E-state index in [1.54, 1.807) is 16.7 Å². The minimum Gasteiger partial charge on any atom is -0.352 e. The second kappa shape index (κ2) is 11.6. The molecule has 1 aliphatic carbocycles. The fourth-order valence-electron chi connectivity index (χ4n) is 3.67. The molecule has 0 radical (unpaired) electrons. The Morgan fingerprint density at radius 1 is 1.07 bits per heavy atom. The van der Waals surface area contributed by atoms with Crippen molar-refractivity contribution in [3.05, 3.63) is 70.2 Å². The molecule has 1 fully saturated rings. The molecule has 1 N–H and O–H groups in total. The van der Waals surface area contributed by atoms with Gasteiger partial charge in [-0.25, -0.2) is 0 Å². The Bertz CT molecular complexity index is 823. The van der Waals surface area contributed by atoms with E-state index in [9.17, 15) is 9.59 Å². The average Bonchev–Trinajstić information content (AvgIpc) is 3.26. The normalized spacial score (nSPS) is 15.0. The van der Waals surface area contributed by atoms with E-state index < -0.39 is 6.04 Å². The molecule has 2 amide bonds. The zero-order chi connectivity index (χ0) is 21.3. The minimum absolute atomic E-state index is 0.00460. The highest BCUT2D eigenvalue weighted by atomic mass is 79.9. The molecule has 0 aliphatic heterocycles. The van der Waals surface area contributed by atoms with E-state index in [4.69, 9.17) is 0 Å². The van der Waals surface area contributed by atoms with Crippen LogP contribution in [0.1, 0.15) is 43.7 Å². The fourth-order valence-corrected chi connectivity index (χ4v) is 4.81. The maximum absolute atomic E-state index is 13.1. The number of benzene rings is 2. The second-order valence-corrected chi connectivity index (χ2v) is 9.69. The number of hydrogen-bond acceptors (Lipinski definition) is 3. The van der Waals surface area contributed by atoms with Gasteiger partial charge in [0.05, 0.1) is 5.75 Å². The van der Waals surface area contributed by atoms with Crippen LogP contribution in [0.25, 0.3) is 0 Å². The van der Waals surface area contributed by atoms with Crippen LogP contribution >= 0.6 is 27.7 Å². The summed E-state index contributed by atoms with van der Waals surface area (Å²) in [6.07, 6.45) is 4.40. The first kappa shape index (κ1) is 22.9. The van der Waals surface area contributed by atoms with Gasteiger partial charge in [-0.05, 0) is 43.0 Å². The lowest BCUT2D eigenvalue weighted by Gasteiger charge is -2.29. The lowest BCUT2D eigenvalue weighted by Crippen LogP contribution is -2.50. The third-order valence-corrected chi connectivity index (χ3v) is 6.99. The van der Waals surface area contributed by atoms with E-state index in [1.807, 2.05) is 49.4 Å². The average molecular weight is 489 g/mol. The summed E-state index contributed by atoms with van der Waals surface area (Å²) in [5.74, 6) is 1.06. The Labute approximate surface area is 191 Å². The molecule has 1 atom stereocenters. The summed E-state index contributed by atoms with van der Waals surface area (Å²) in [5, 5.41) is 3.14. The number of amides is 2. The van der Waals surface area contributed by atoms with Crippen LogP contribution in [0, 0.1) is 0 Å². The Balaban J connectivity index is 1.62. The SMILES string of the molecule is C[C@H](C(=O)NC1CCCC1)N(Cc1ccccc1)C(=O)CSCc1ccc(Br)cc1. The zero-order valence-corrected chi connectivity index (χ0v) is 19.8. The molecule has 0 bridgehead atoms. The topological polar surface area (TPSA) is 49.4 Å². The van der Waals surface area contributed by atoms with Gasteiger partial charge in [-0.3, -0.25) is 9.59 Å². The Morgan fingerprint density at radius 2 is 1.73 bits per heavy atom. The predicted octanol–water partition coefficient (Wildman–Crippen LogP) is 5.16. The minimum atomic E-state index is -0.494. The third-order valence-electron chi connectivity index (χ3n) is 5.47. The largest absolute Gasteiger partial charge is 0.352 e. The van der Waals surface area contributed by atoms with Crippen LogP contribution in [0.2, 0.25) is 0 Å². The lowest BCUT2D eigenvalue weighted by molar-refractivity contribution is -0.138. The van der Waals surface area contributed by atoms with Crippen LogP contribution < -0.4 is 5.32 Å². The molecule has 1 aliphatic rings. The molecule has 1 saturated carbocycles. The first-order chi connectivity index (χ1) is 14.5. The van der Waals surface area contributed by atoms with Crippen LogP contribution in [-0.4, -0.2) is 34.6 Å². The van der Waals surface area contributed by atoms with Gasteiger partial charge in [0.15, 0.2) is 0 Å². The molecular formula is C24H29BrN2O2S. The molecule has 0 heterocycles. The van der Waals surface area contributed by atoms with Crippen molar-refractivity contribution in [1.82, 2.24) is 10.2 Å². The number of rotatable bonds is 9. The van der Waals surface area contributed by atoms with Crippen LogP contribution in [-0.2, 0) is 21.9 Å². The molecule has 2 aromatic rings. The highest BCUT2D eigenvalue weighted by molar-refractivity contribution is 9.10. The van der Waals surface area contributed by atoms with E-state index >= 15 is 0 Å². The van der Waals surface area contributed by atoms with E-state index in [2.05, 4.69) is 33.4 Å². The molecular weight excluding hydrogens is 460 g/mol. The van der Waals surface area contributed by atoms with Crippen LogP contribution in [0.15, 0.2) is 59.1 Å². The van der Waals surface area contributed by atoms with Gasteiger partial charge in [-0.1, -0.05) is 71.2 Å². The summed E-state index contributed by atoms with van der Waals surface area (Å²) in [4.78, 5) is 27.7. The maximum Gasteiger partial charge on any atom is 0.242 e. The molecule has 0 aromatic heterocycles. The van der Waals surface area contributed by atoms with Gasteiger partial charge >= 0.3 is 0 Å². The highest BCUT2D eigenvalue weighted by Gasteiger charge is 2.28. The first-order valence-electron chi connectivity index (χ1n) is 10.5. The maximum atomic E-state index is 13.1. The molecule has 30 heavy (non-hydrogen) atoms. The van der Waals surface area contributed by atoms with Crippen LogP contribution in [0.3, 0.4) is 0 Å². The van der Waals surface area contributed by atoms with Crippen molar-refractivity contribution < 1.29 is 9.59 Å². The Kier molecular flexibility index (Phi) is 8.82. The van der Waals surface area contributed by atoms with Gasteiger partial charge in [-0.15, -0.1) is 11.8 Å². The quantitative estimate of drug-likeness (QED) is 0.530. The van der Waals surface area contributed by atoms with Crippen molar-refractivity contribution >= 4 is 39.5 Å². The van der Waals surface area contributed by atoms with E-state index in [-0.39, 0.29) is 17.9 Å². The molecule has 3 rings (SSSR count). The standard InChI is InChI=1S/C24H29BrN2O2S/c1-18(24(29)26-22-9-5-6-10-22)27(15-19-7-3-2-4-8-19)23(28)17-30-16-20-11-13-21(25)14-12-20/h2-4,7-8,11-14,18,22H,5-6,9-10,15-17H2,1H3,(H,26,29)/t18-/m1/s1. The molecule has 2 aromatic carbocycles. The van der Waals surface area contributed by atoms with Crippen molar-refractivity contribution in [1.29, 1.82) is 0 Å². The fraction of sp³-hybridized carbons (Fsp3) is 0.417. The number of carbonyl (C=O) groups excluding carboxylic acids is 2. The molecule has 0 saturated heterocycles. The summed E-state index contributed by atoms with van der Waals surface area (Å²) in [6, 6.07) is 17.8. The third kappa shape index (κ3) is 6.88. The Hall–Kier alpha value is -1.79. The Morgan fingerprint density at radius 3 is 2.40 bits per heavy atom. The van der Waals surface area contributed by atoms with Crippen LogP contribution in [0.4, 0.5) is 0 Å². The van der Waals surface area contributed by atoms with Gasteiger partial charge < -0.3 is 10.2 Å². The zero-order valence-electron chi connectivity index (χ0n) is 17.4. The molecule has 0 spiro atoms. The number of nitrogens with one attached hydrogen (secondary N) is 1. The van der Waals surface area contributed by atoms with E-state index in [0.29, 0.717) is 12.3 Å². The summed E-state index contributed by atoms with van der Waals surface area (Å²) < 4.78 is 1.04. The van der Waals surface area contributed by atoms with E-state index in [0.717, 1.165) is 28.6 Å². The number of carbonyl (C=O) groups is 2. The lowest BCUT2D eigenvalue weighted by atomic mass is 10.1. The molecule has 4 nitrogen and oxygen atoms in total. The van der Waals surface area contributed by atoms with Gasteiger partial charge in [0.2, 0.25) is 11.8 Å². The molecule has 6 heteroatoms. The van der Waals surface area contributed by atoms with Crippen molar-refractivity contribution in [3.8, 4) is 0 Å². The number of halogens is 1. The summed E-state index contributed by atoms with van der Waals surface area (Å²) >= 11 is 5.03. The first-order valence-corrected chi connectivity index (χ1v) is 12.4. The number of hydrogen-bond donors (Lipinski definition) is 1. The van der Waals surface area contributed by atoms with Gasteiger partial charge in [0.25, 0.3) is 0 Å². The second-order valence-electron chi connectivity index (χ2n) is 7.79. The summed E-state index contributed by atoms with van der Waals surface area (Å²) in [5.41, 5.74) is 2.21. The monoisotopic (exact) mass is 488 g/mol. The van der Waals surface area contributed by atoms with Gasteiger partial charge in [0, 0.05) is 22.8 Å². The van der Waals surface area contributed by atoms with Crippen molar-refractivity contribution in [2.75, 3.05) is 5.75 Å². The van der Waals surface area contributed by atoms with Gasteiger partial charge in [-0.2, -0.15) is 0 Å². The summed E-state index contributed by atoms with van der Waals surface area (Å²) in [6.45, 7) is 2.28. The van der Waals surface area contributed by atoms with Gasteiger partial charge in [0.1, 0.15) is 6.04 Å². The number of thioether (sulfide) groups is 1. The van der Waals surface area contributed by atoms with Crippen molar-refractivity contribution in [2.24, 2.45) is 0 Å². The van der Waals surface area contributed by atoms with Crippen molar-refractivity contribution in [2.45, 2.75) is 57.0 Å². The smallest absolute Gasteiger partial charge is 0.242 e. The van der Waals surface area contributed by atoms with Crippen molar-refractivity contribution in [3.63, 3.8) is 0 Å². The molecule has 0 unspecified atom stereocenters. The highest BCUT2D eigenvalue weighted by Crippen LogP contribution is 2.20. The van der Waals surface area contributed by atoms with Crippen LogP contribution in [0.5, 0.6) is 0 Å². The van der Waals surface area contributed by atoms with E-state index in [1.165, 1.54) is 18.4 Å². The molecule has 160 valence electrons.